The van der Waals surface area contributed by atoms with Gasteiger partial charge in [0.25, 0.3) is 0 Å². The van der Waals surface area contributed by atoms with Crippen LogP contribution in [-0.4, -0.2) is 42.5 Å². The molecule has 0 unspecified atom stereocenters. The van der Waals surface area contributed by atoms with Crippen LogP contribution in [0.25, 0.3) is 0 Å². The Labute approximate surface area is 136 Å². The summed E-state index contributed by atoms with van der Waals surface area (Å²) in [5, 5.41) is 2.66. The Hall–Kier alpha value is -1.38. The van der Waals surface area contributed by atoms with Crippen molar-refractivity contribution in [2.24, 2.45) is 0 Å². The Balaban J connectivity index is 0.00000242. The molecule has 1 aromatic heterocycles. The Morgan fingerprint density at radius 1 is 1.32 bits per heavy atom. The van der Waals surface area contributed by atoms with E-state index in [1.165, 1.54) is 10.5 Å². The molecule has 9 heteroatoms. The van der Waals surface area contributed by atoms with Crippen LogP contribution in [0.15, 0.2) is 18.3 Å². The highest BCUT2D eigenvalue weighted by atomic mass is 35.5. The molecule has 0 bridgehead atoms. The van der Waals surface area contributed by atoms with Crippen molar-refractivity contribution in [3.8, 4) is 0 Å². The summed E-state index contributed by atoms with van der Waals surface area (Å²) in [4.78, 5) is 15.6. The first-order valence-electron chi connectivity index (χ1n) is 6.96. The van der Waals surface area contributed by atoms with Gasteiger partial charge in [-0.2, -0.15) is 0 Å². The van der Waals surface area contributed by atoms with E-state index in [0.717, 1.165) is 12.8 Å². The number of carbonyl (C=O) groups excluding carboxylic acids is 1. The van der Waals surface area contributed by atoms with E-state index in [0.29, 0.717) is 31.0 Å². The van der Waals surface area contributed by atoms with Crippen LogP contribution in [-0.2, 0) is 14.8 Å². The summed E-state index contributed by atoms with van der Waals surface area (Å²) >= 11 is 0. The van der Waals surface area contributed by atoms with E-state index in [-0.39, 0.29) is 30.5 Å². The normalized spacial score (nSPS) is 15.3. The maximum Gasteiger partial charge on any atom is 0.224 e. The Kier molecular flexibility index (Phi) is 7.05. The fourth-order valence-corrected chi connectivity index (χ4v) is 3.80. The lowest BCUT2D eigenvalue weighted by atomic mass is 10.3. The maximum absolute atomic E-state index is 12.0. The van der Waals surface area contributed by atoms with Crippen molar-refractivity contribution in [3.05, 3.63) is 18.3 Å². The van der Waals surface area contributed by atoms with Gasteiger partial charge in [0.1, 0.15) is 5.82 Å². The fraction of sp³-hybridized carbons (Fsp3) is 0.538. The van der Waals surface area contributed by atoms with Gasteiger partial charge in [0.15, 0.2) is 0 Å². The molecular weight excluding hydrogens is 328 g/mol. The zero-order chi connectivity index (χ0) is 15.3. The quantitative estimate of drug-likeness (QED) is 0.804. The van der Waals surface area contributed by atoms with E-state index in [1.807, 2.05) is 0 Å². The van der Waals surface area contributed by atoms with Crippen LogP contribution in [0.1, 0.15) is 25.7 Å². The number of hydrogen-bond donors (Lipinski definition) is 2. The van der Waals surface area contributed by atoms with Crippen LogP contribution in [0.2, 0.25) is 0 Å². The number of amides is 1. The molecule has 3 N–H and O–H groups in total. The number of nitrogens with two attached hydrogens (primary N) is 1. The lowest BCUT2D eigenvalue weighted by Crippen LogP contribution is -2.30. The third kappa shape index (κ3) is 5.43. The Bertz CT molecular complexity index is 586. The first-order valence-corrected chi connectivity index (χ1v) is 8.57. The first-order chi connectivity index (χ1) is 9.97. The molecular formula is C13H21ClN4O3S. The topological polar surface area (TPSA) is 105 Å². The maximum atomic E-state index is 12.0. The predicted molar refractivity (Wildman–Crippen MR) is 88.4 cm³/mol. The molecule has 1 aromatic rings. The van der Waals surface area contributed by atoms with Gasteiger partial charge in [0.2, 0.25) is 15.9 Å². The minimum atomic E-state index is -3.21. The number of aromatic nitrogens is 1. The number of hydrogen-bond acceptors (Lipinski definition) is 5. The Morgan fingerprint density at radius 2 is 2.00 bits per heavy atom. The lowest BCUT2D eigenvalue weighted by molar-refractivity contribution is -0.116. The molecule has 124 valence electrons. The molecule has 1 saturated heterocycles. The standard InChI is InChI=1S/C13H20N4O3S.ClH/c14-12-6-5-11(10-15-12)16-13(18)4-3-9-21(19,20)17-7-1-2-8-17;/h5-6,10H,1-4,7-9H2,(H2,14,15)(H,16,18);1H. The van der Waals surface area contributed by atoms with Crippen LogP contribution >= 0.6 is 12.4 Å². The molecule has 2 heterocycles. The second kappa shape index (κ2) is 8.30. The van der Waals surface area contributed by atoms with Gasteiger partial charge in [-0.1, -0.05) is 0 Å². The van der Waals surface area contributed by atoms with E-state index in [1.54, 1.807) is 12.1 Å². The molecule has 0 spiro atoms. The molecule has 1 fully saturated rings. The smallest absolute Gasteiger partial charge is 0.224 e. The van der Waals surface area contributed by atoms with Gasteiger partial charge in [0, 0.05) is 19.5 Å². The number of carbonyl (C=O) groups is 1. The molecule has 1 amide bonds. The van der Waals surface area contributed by atoms with Crippen molar-refractivity contribution >= 4 is 39.8 Å². The van der Waals surface area contributed by atoms with E-state index in [2.05, 4.69) is 10.3 Å². The van der Waals surface area contributed by atoms with Crippen molar-refractivity contribution in [1.29, 1.82) is 0 Å². The van der Waals surface area contributed by atoms with Gasteiger partial charge >= 0.3 is 0 Å². The van der Waals surface area contributed by atoms with Crippen molar-refractivity contribution in [2.45, 2.75) is 25.7 Å². The number of nitrogens with zero attached hydrogens (tertiary/aromatic N) is 2. The van der Waals surface area contributed by atoms with Gasteiger partial charge in [0.05, 0.1) is 17.6 Å². The molecule has 1 aliphatic rings. The number of sulfonamides is 1. The zero-order valence-corrected chi connectivity index (χ0v) is 13.8. The largest absolute Gasteiger partial charge is 0.384 e. The molecule has 0 aromatic carbocycles. The molecule has 0 aliphatic carbocycles. The van der Waals surface area contributed by atoms with E-state index >= 15 is 0 Å². The lowest BCUT2D eigenvalue weighted by Gasteiger charge is -2.15. The van der Waals surface area contributed by atoms with E-state index in [9.17, 15) is 13.2 Å². The summed E-state index contributed by atoms with van der Waals surface area (Å²) in [6.07, 6.45) is 3.78. The summed E-state index contributed by atoms with van der Waals surface area (Å²) in [6, 6.07) is 3.24. The number of rotatable bonds is 6. The molecule has 2 rings (SSSR count). The van der Waals surface area contributed by atoms with Gasteiger partial charge in [-0.3, -0.25) is 4.79 Å². The highest BCUT2D eigenvalue weighted by molar-refractivity contribution is 7.89. The van der Waals surface area contributed by atoms with Crippen molar-refractivity contribution in [1.82, 2.24) is 9.29 Å². The molecule has 0 atom stereocenters. The highest BCUT2D eigenvalue weighted by Crippen LogP contribution is 2.14. The average Bonchev–Trinajstić information content (AvgIpc) is 2.96. The van der Waals surface area contributed by atoms with Crippen molar-refractivity contribution in [2.75, 3.05) is 29.9 Å². The van der Waals surface area contributed by atoms with Crippen molar-refractivity contribution in [3.63, 3.8) is 0 Å². The van der Waals surface area contributed by atoms with Gasteiger partial charge < -0.3 is 11.1 Å². The van der Waals surface area contributed by atoms with Crippen LogP contribution in [0, 0.1) is 0 Å². The summed E-state index contributed by atoms with van der Waals surface area (Å²) < 4.78 is 25.5. The third-order valence-corrected chi connectivity index (χ3v) is 5.29. The summed E-state index contributed by atoms with van der Waals surface area (Å²) in [5.41, 5.74) is 6.00. The highest BCUT2D eigenvalue weighted by Gasteiger charge is 2.24. The summed E-state index contributed by atoms with van der Waals surface area (Å²) in [7, 11) is -3.21. The number of nitrogens with one attached hydrogen (secondary N) is 1. The summed E-state index contributed by atoms with van der Waals surface area (Å²) in [5.74, 6) is 0.170. The van der Waals surface area contributed by atoms with E-state index < -0.39 is 10.0 Å². The Morgan fingerprint density at radius 3 is 2.59 bits per heavy atom. The fourth-order valence-electron chi connectivity index (χ4n) is 2.21. The monoisotopic (exact) mass is 348 g/mol. The number of nitrogen functional groups attached to an aromatic ring is 1. The average molecular weight is 349 g/mol. The van der Waals surface area contributed by atoms with Crippen LogP contribution in [0.3, 0.4) is 0 Å². The first kappa shape index (κ1) is 18.7. The van der Waals surface area contributed by atoms with Crippen LogP contribution in [0.4, 0.5) is 11.5 Å². The summed E-state index contributed by atoms with van der Waals surface area (Å²) in [6.45, 7) is 1.21. The number of halogens is 1. The third-order valence-electron chi connectivity index (χ3n) is 3.33. The SMILES string of the molecule is Cl.Nc1ccc(NC(=O)CCCS(=O)(=O)N2CCCC2)cn1. The van der Waals surface area contributed by atoms with Gasteiger partial charge in [-0.15, -0.1) is 12.4 Å². The number of anilines is 2. The molecule has 1 aliphatic heterocycles. The predicted octanol–water partition coefficient (Wildman–Crippen LogP) is 1.23. The number of pyridine rings is 1. The van der Waals surface area contributed by atoms with Crippen LogP contribution < -0.4 is 11.1 Å². The van der Waals surface area contributed by atoms with E-state index in [4.69, 9.17) is 5.73 Å². The minimum absolute atomic E-state index is 0. The molecule has 0 radical (unpaired) electrons. The minimum Gasteiger partial charge on any atom is -0.384 e. The second-order valence-corrected chi connectivity index (χ2v) is 7.13. The van der Waals surface area contributed by atoms with Crippen molar-refractivity contribution < 1.29 is 13.2 Å². The zero-order valence-electron chi connectivity index (χ0n) is 12.2. The molecule has 0 saturated carbocycles. The molecule has 22 heavy (non-hydrogen) atoms. The van der Waals surface area contributed by atoms with Gasteiger partial charge in [-0.05, 0) is 31.4 Å². The van der Waals surface area contributed by atoms with Crippen LogP contribution in [0.5, 0.6) is 0 Å². The molecule has 7 nitrogen and oxygen atoms in total. The second-order valence-electron chi connectivity index (χ2n) is 5.05. The van der Waals surface area contributed by atoms with Gasteiger partial charge in [-0.25, -0.2) is 17.7 Å².